The predicted molar refractivity (Wildman–Crippen MR) is 107 cm³/mol. The average Bonchev–Trinajstić information content (AvgIpc) is 3.10. The summed E-state index contributed by atoms with van der Waals surface area (Å²) in [5.74, 6) is -0.374. The van der Waals surface area contributed by atoms with Gasteiger partial charge >= 0.3 is 0 Å². The maximum Gasteiger partial charge on any atom is 0.255 e. The normalized spacial score (nSPS) is 15.0. The minimum Gasteiger partial charge on any atom is -0.399 e. The number of hydrogen-bond acceptors (Lipinski definition) is 4. The Kier molecular flexibility index (Phi) is 5.53. The fraction of sp³-hybridized carbons (Fsp3) is 0.350. The second-order valence-electron chi connectivity index (χ2n) is 7.11. The van der Waals surface area contributed by atoms with Crippen molar-refractivity contribution in [2.45, 2.75) is 50.5 Å². The second kappa shape index (κ2) is 7.70. The number of hydrogen-bond donors (Lipinski definition) is 3. The van der Waals surface area contributed by atoms with Gasteiger partial charge in [0.1, 0.15) is 0 Å². The first-order valence-electron chi connectivity index (χ1n) is 9.07. The predicted octanol–water partition coefficient (Wildman–Crippen LogP) is 3.36. The number of benzene rings is 2. The molecule has 0 atom stereocenters. The van der Waals surface area contributed by atoms with Crippen LogP contribution in [0, 0.1) is 13.8 Å². The summed E-state index contributed by atoms with van der Waals surface area (Å²) in [6.45, 7) is 3.60. The van der Waals surface area contributed by atoms with E-state index in [-0.39, 0.29) is 22.4 Å². The van der Waals surface area contributed by atoms with Crippen LogP contribution in [0.4, 0.5) is 11.4 Å². The SMILES string of the molecule is Cc1ccc(N)cc1NC(=O)c1ccc(C)c(S(=O)(=O)NC2CCCC2)c1. The topological polar surface area (TPSA) is 101 Å². The van der Waals surface area contributed by atoms with Gasteiger partial charge in [-0.05, 0) is 62.1 Å². The van der Waals surface area contributed by atoms with Crippen LogP contribution in [0.15, 0.2) is 41.3 Å². The summed E-state index contributed by atoms with van der Waals surface area (Å²) in [5.41, 5.74) is 8.70. The van der Waals surface area contributed by atoms with E-state index in [0.717, 1.165) is 31.2 Å². The summed E-state index contributed by atoms with van der Waals surface area (Å²) >= 11 is 0. The van der Waals surface area contributed by atoms with Gasteiger partial charge in [0.2, 0.25) is 10.0 Å². The Labute approximate surface area is 160 Å². The van der Waals surface area contributed by atoms with Crippen molar-refractivity contribution in [3.05, 3.63) is 53.1 Å². The van der Waals surface area contributed by atoms with Crippen LogP contribution in [-0.4, -0.2) is 20.4 Å². The van der Waals surface area contributed by atoms with Gasteiger partial charge in [-0.1, -0.05) is 25.0 Å². The number of carbonyl (C=O) groups excluding carboxylic acids is 1. The Balaban J connectivity index is 1.85. The molecule has 0 unspecified atom stereocenters. The van der Waals surface area contributed by atoms with Crippen LogP contribution >= 0.6 is 0 Å². The third kappa shape index (κ3) is 4.48. The fourth-order valence-corrected chi connectivity index (χ4v) is 4.90. The molecule has 0 heterocycles. The van der Waals surface area contributed by atoms with Crippen molar-refractivity contribution in [3.63, 3.8) is 0 Å². The summed E-state index contributed by atoms with van der Waals surface area (Å²) in [4.78, 5) is 12.8. The van der Waals surface area contributed by atoms with E-state index in [9.17, 15) is 13.2 Å². The lowest BCUT2D eigenvalue weighted by atomic mass is 10.1. The molecule has 144 valence electrons. The molecule has 2 aromatic rings. The highest BCUT2D eigenvalue weighted by atomic mass is 32.2. The molecule has 4 N–H and O–H groups in total. The standard InChI is InChI=1S/C20H25N3O3S/c1-13-8-10-16(21)12-18(13)22-20(24)15-9-7-14(2)19(11-15)27(25,26)23-17-5-3-4-6-17/h7-12,17,23H,3-6,21H2,1-2H3,(H,22,24). The summed E-state index contributed by atoms with van der Waals surface area (Å²) in [5, 5.41) is 2.80. The Bertz CT molecular complexity index is 964. The second-order valence-corrected chi connectivity index (χ2v) is 8.79. The lowest BCUT2D eigenvalue weighted by Crippen LogP contribution is -2.33. The summed E-state index contributed by atoms with van der Waals surface area (Å²) < 4.78 is 28.3. The van der Waals surface area contributed by atoms with Crippen LogP contribution < -0.4 is 15.8 Å². The molecule has 0 aliphatic heterocycles. The third-order valence-electron chi connectivity index (χ3n) is 4.93. The maximum atomic E-state index is 12.8. The van der Waals surface area contributed by atoms with Crippen LogP contribution in [0.3, 0.4) is 0 Å². The molecule has 1 aliphatic rings. The van der Waals surface area contributed by atoms with Gasteiger partial charge in [-0.15, -0.1) is 0 Å². The quantitative estimate of drug-likeness (QED) is 0.685. The molecule has 2 aromatic carbocycles. The maximum absolute atomic E-state index is 12.8. The number of sulfonamides is 1. The molecule has 1 amide bonds. The Morgan fingerprint density at radius 2 is 1.70 bits per heavy atom. The third-order valence-corrected chi connectivity index (χ3v) is 6.59. The van der Waals surface area contributed by atoms with Crippen molar-refractivity contribution in [2.24, 2.45) is 0 Å². The average molecular weight is 388 g/mol. The van der Waals surface area contributed by atoms with Crippen LogP contribution in [-0.2, 0) is 10.0 Å². The molecule has 0 bridgehead atoms. The van der Waals surface area contributed by atoms with Crippen LogP contribution in [0.1, 0.15) is 47.2 Å². The number of nitrogens with two attached hydrogens (primary N) is 1. The monoisotopic (exact) mass is 387 g/mol. The Morgan fingerprint density at radius 1 is 1.04 bits per heavy atom. The number of nitrogens with one attached hydrogen (secondary N) is 2. The highest BCUT2D eigenvalue weighted by Crippen LogP contribution is 2.24. The highest BCUT2D eigenvalue weighted by Gasteiger charge is 2.25. The van der Waals surface area contributed by atoms with Crippen LogP contribution in [0.25, 0.3) is 0 Å². The zero-order valence-electron chi connectivity index (χ0n) is 15.6. The summed E-state index contributed by atoms with van der Waals surface area (Å²) in [6, 6.07) is 9.95. The molecule has 1 aliphatic carbocycles. The van der Waals surface area contributed by atoms with Crippen molar-refractivity contribution >= 4 is 27.3 Å². The molecule has 0 radical (unpaired) electrons. The van der Waals surface area contributed by atoms with Gasteiger partial charge in [0.15, 0.2) is 0 Å². The van der Waals surface area contributed by atoms with Gasteiger partial charge in [-0.2, -0.15) is 0 Å². The molecule has 1 saturated carbocycles. The van der Waals surface area contributed by atoms with Gasteiger partial charge in [0.25, 0.3) is 5.91 Å². The minimum atomic E-state index is -3.67. The largest absolute Gasteiger partial charge is 0.399 e. The van der Waals surface area contributed by atoms with Crippen molar-refractivity contribution in [2.75, 3.05) is 11.1 Å². The van der Waals surface area contributed by atoms with E-state index in [1.165, 1.54) is 6.07 Å². The van der Waals surface area contributed by atoms with Gasteiger partial charge in [-0.3, -0.25) is 4.79 Å². The number of carbonyl (C=O) groups is 1. The Morgan fingerprint density at radius 3 is 2.41 bits per heavy atom. The van der Waals surface area contributed by atoms with E-state index in [1.54, 1.807) is 31.2 Å². The number of amides is 1. The van der Waals surface area contributed by atoms with E-state index in [2.05, 4.69) is 10.0 Å². The zero-order valence-corrected chi connectivity index (χ0v) is 16.4. The molecular weight excluding hydrogens is 362 g/mol. The number of nitrogen functional groups attached to an aromatic ring is 1. The van der Waals surface area contributed by atoms with Crippen molar-refractivity contribution < 1.29 is 13.2 Å². The van der Waals surface area contributed by atoms with Gasteiger partial charge < -0.3 is 11.1 Å². The highest BCUT2D eigenvalue weighted by molar-refractivity contribution is 7.89. The molecule has 0 saturated heterocycles. The molecule has 27 heavy (non-hydrogen) atoms. The lowest BCUT2D eigenvalue weighted by molar-refractivity contribution is 0.102. The minimum absolute atomic E-state index is 0.0261. The zero-order chi connectivity index (χ0) is 19.6. The van der Waals surface area contributed by atoms with E-state index in [4.69, 9.17) is 5.73 Å². The molecule has 0 spiro atoms. The number of rotatable bonds is 5. The van der Waals surface area contributed by atoms with Gasteiger partial charge in [-0.25, -0.2) is 13.1 Å². The molecule has 0 aromatic heterocycles. The Hall–Kier alpha value is -2.38. The van der Waals surface area contributed by atoms with E-state index in [0.29, 0.717) is 16.9 Å². The van der Waals surface area contributed by atoms with Crippen LogP contribution in [0.2, 0.25) is 0 Å². The smallest absolute Gasteiger partial charge is 0.255 e. The first-order valence-corrected chi connectivity index (χ1v) is 10.5. The van der Waals surface area contributed by atoms with Crippen molar-refractivity contribution in [1.82, 2.24) is 4.72 Å². The molecule has 3 rings (SSSR count). The molecule has 1 fully saturated rings. The van der Waals surface area contributed by atoms with Crippen molar-refractivity contribution in [3.8, 4) is 0 Å². The number of aryl methyl sites for hydroxylation is 2. The van der Waals surface area contributed by atoms with E-state index >= 15 is 0 Å². The van der Waals surface area contributed by atoms with Gasteiger partial charge in [0.05, 0.1) is 4.90 Å². The number of anilines is 2. The van der Waals surface area contributed by atoms with E-state index < -0.39 is 10.0 Å². The lowest BCUT2D eigenvalue weighted by Gasteiger charge is -2.15. The molecule has 6 nitrogen and oxygen atoms in total. The summed E-state index contributed by atoms with van der Waals surface area (Å²) in [6.07, 6.45) is 3.78. The van der Waals surface area contributed by atoms with Crippen LogP contribution in [0.5, 0.6) is 0 Å². The first kappa shape index (κ1) is 19.4. The van der Waals surface area contributed by atoms with Gasteiger partial charge in [0, 0.05) is 23.0 Å². The summed E-state index contributed by atoms with van der Waals surface area (Å²) in [7, 11) is -3.67. The van der Waals surface area contributed by atoms with E-state index in [1.807, 2.05) is 13.0 Å². The fourth-order valence-electron chi connectivity index (χ4n) is 3.33. The van der Waals surface area contributed by atoms with Crippen molar-refractivity contribution in [1.29, 1.82) is 0 Å². The first-order chi connectivity index (χ1) is 12.8. The molecule has 7 heteroatoms. The molecular formula is C20H25N3O3S.